The standard InChI is InChI=1S/C26H40N2O2/c1-15(27-24(30)26-12-20-6-21(13-26)8-22(7-20)14-26)23(29)28-16(2)25-9-17-3-18(10-25)5-19(4-17)11-25/h15-22H,3-14H2,1-2H3,(H,27,30)(H,28,29). The maximum absolute atomic E-state index is 13.3. The molecule has 8 fully saturated rings. The third-order valence-corrected chi connectivity index (χ3v) is 10.6. The van der Waals surface area contributed by atoms with Crippen molar-refractivity contribution in [3.8, 4) is 0 Å². The smallest absolute Gasteiger partial charge is 0.242 e. The van der Waals surface area contributed by atoms with E-state index in [-0.39, 0.29) is 23.3 Å². The average Bonchev–Trinajstić information content (AvgIpc) is 2.65. The summed E-state index contributed by atoms with van der Waals surface area (Å²) in [4.78, 5) is 26.4. The van der Waals surface area contributed by atoms with E-state index in [0.717, 1.165) is 54.8 Å². The van der Waals surface area contributed by atoms with Crippen LogP contribution in [0.2, 0.25) is 0 Å². The highest BCUT2D eigenvalue weighted by molar-refractivity contribution is 5.90. The largest absolute Gasteiger partial charge is 0.351 e. The van der Waals surface area contributed by atoms with Crippen LogP contribution in [0.5, 0.6) is 0 Å². The second kappa shape index (κ2) is 6.72. The highest BCUT2D eigenvalue weighted by atomic mass is 16.2. The molecule has 2 N–H and O–H groups in total. The van der Waals surface area contributed by atoms with Crippen LogP contribution in [0.3, 0.4) is 0 Å². The molecule has 4 nitrogen and oxygen atoms in total. The van der Waals surface area contributed by atoms with E-state index in [4.69, 9.17) is 0 Å². The van der Waals surface area contributed by atoms with Crippen LogP contribution in [0.25, 0.3) is 0 Å². The number of rotatable bonds is 5. The zero-order valence-corrected chi connectivity index (χ0v) is 18.9. The summed E-state index contributed by atoms with van der Waals surface area (Å²) in [5.41, 5.74) is 0.142. The van der Waals surface area contributed by atoms with Crippen LogP contribution in [0.4, 0.5) is 0 Å². The van der Waals surface area contributed by atoms with Crippen molar-refractivity contribution in [1.82, 2.24) is 10.6 Å². The number of amides is 2. The van der Waals surface area contributed by atoms with Gasteiger partial charge >= 0.3 is 0 Å². The minimum absolute atomic E-state index is 0.0244. The first-order chi connectivity index (χ1) is 14.3. The van der Waals surface area contributed by atoms with Crippen molar-refractivity contribution >= 4 is 11.8 Å². The molecule has 0 saturated heterocycles. The van der Waals surface area contributed by atoms with E-state index in [2.05, 4.69) is 17.6 Å². The Bertz CT molecular complexity index is 673. The van der Waals surface area contributed by atoms with Gasteiger partial charge in [0.05, 0.1) is 0 Å². The zero-order valence-electron chi connectivity index (χ0n) is 18.9. The normalized spacial score (nSPS) is 49.7. The van der Waals surface area contributed by atoms with Gasteiger partial charge in [0.15, 0.2) is 0 Å². The van der Waals surface area contributed by atoms with Crippen LogP contribution in [0, 0.1) is 46.3 Å². The quantitative estimate of drug-likeness (QED) is 0.702. The molecule has 0 heterocycles. The van der Waals surface area contributed by atoms with Crippen molar-refractivity contribution in [2.45, 2.75) is 103 Å². The van der Waals surface area contributed by atoms with Gasteiger partial charge in [-0.3, -0.25) is 9.59 Å². The highest BCUT2D eigenvalue weighted by Crippen LogP contribution is 2.62. The molecule has 0 aromatic rings. The number of nitrogens with one attached hydrogen (secondary N) is 2. The van der Waals surface area contributed by atoms with Crippen molar-refractivity contribution < 1.29 is 9.59 Å². The van der Waals surface area contributed by atoms with Gasteiger partial charge in [-0.15, -0.1) is 0 Å². The molecule has 166 valence electrons. The van der Waals surface area contributed by atoms with Crippen LogP contribution >= 0.6 is 0 Å². The molecule has 30 heavy (non-hydrogen) atoms. The third kappa shape index (κ3) is 3.06. The monoisotopic (exact) mass is 412 g/mol. The van der Waals surface area contributed by atoms with E-state index in [0.29, 0.717) is 5.41 Å². The van der Waals surface area contributed by atoms with E-state index in [1.807, 2.05) is 6.92 Å². The molecule has 8 aliphatic carbocycles. The van der Waals surface area contributed by atoms with Gasteiger partial charge in [0, 0.05) is 11.5 Å². The molecule has 8 rings (SSSR count). The summed E-state index contributed by atoms with van der Waals surface area (Å²) >= 11 is 0. The van der Waals surface area contributed by atoms with E-state index in [9.17, 15) is 9.59 Å². The highest BCUT2D eigenvalue weighted by Gasteiger charge is 2.55. The predicted octanol–water partition coefficient (Wildman–Crippen LogP) is 4.43. The van der Waals surface area contributed by atoms with Gasteiger partial charge in [0.2, 0.25) is 11.8 Å². The van der Waals surface area contributed by atoms with Gasteiger partial charge in [0.25, 0.3) is 0 Å². The molecule has 2 atom stereocenters. The molecule has 0 aromatic heterocycles. The Kier molecular flexibility index (Phi) is 4.39. The van der Waals surface area contributed by atoms with Crippen LogP contribution in [0.15, 0.2) is 0 Å². The maximum atomic E-state index is 13.3. The maximum Gasteiger partial charge on any atom is 0.242 e. The fourth-order valence-corrected chi connectivity index (χ4v) is 10.0. The SMILES string of the molecule is CC(NC(=O)C12CC3CC(CC(C3)C1)C2)C(=O)NC(C)C12CC3CC(CC(C3)C1)C2. The lowest BCUT2D eigenvalue weighted by Gasteiger charge is -2.59. The van der Waals surface area contributed by atoms with E-state index < -0.39 is 6.04 Å². The molecule has 8 aliphatic rings. The second-order valence-corrected chi connectivity index (χ2v) is 12.9. The minimum Gasteiger partial charge on any atom is -0.351 e. The van der Waals surface area contributed by atoms with Crippen molar-refractivity contribution in [3.05, 3.63) is 0 Å². The first-order valence-corrected chi connectivity index (χ1v) is 12.9. The van der Waals surface area contributed by atoms with Crippen molar-refractivity contribution in [1.29, 1.82) is 0 Å². The van der Waals surface area contributed by atoms with Crippen LogP contribution in [-0.4, -0.2) is 23.9 Å². The molecular weight excluding hydrogens is 372 g/mol. The molecule has 2 unspecified atom stereocenters. The molecule has 0 aromatic carbocycles. The Morgan fingerprint density at radius 2 is 1.07 bits per heavy atom. The van der Waals surface area contributed by atoms with Crippen molar-refractivity contribution in [2.75, 3.05) is 0 Å². The van der Waals surface area contributed by atoms with E-state index in [1.165, 1.54) is 57.8 Å². The van der Waals surface area contributed by atoms with Gasteiger partial charge in [0.1, 0.15) is 6.04 Å². The molecule has 8 bridgehead atoms. The van der Waals surface area contributed by atoms with Gasteiger partial charge in [-0.25, -0.2) is 0 Å². The lowest BCUT2D eigenvalue weighted by molar-refractivity contribution is -0.148. The van der Waals surface area contributed by atoms with Crippen LogP contribution in [0.1, 0.15) is 90.9 Å². The topological polar surface area (TPSA) is 58.2 Å². The Hall–Kier alpha value is -1.06. The van der Waals surface area contributed by atoms with Gasteiger partial charge in [-0.05, 0) is 132 Å². The van der Waals surface area contributed by atoms with Gasteiger partial charge < -0.3 is 10.6 Å². The first-order valence-electron chi connectivity index (χ1n) is 12.9. The van der Waals surface area contributed by atoms with E-state index in [1.54, 1.807) is 0 Å². The summed E-state index contributed by atoms with van der Waals surface area (Å²) < 4.78 is 0. The Morgan fingerprint density at radius 1 is 0.667 bits per heavy atom. The van der Waals surface area contributed by atoms with Gasteiger partial charge in [-0.2, -0.15) is 0 Å². The minimum atomic E-state index is -0.429. The molecule has 0 spiro atoms. The number of carbonyl (C=O) groups is 2. The Morgan fingerprint density at radius 3 is 1.50 bits per heavy atom. The van der Waals surface area contributed by atoms with Gasteiger partial charge in [-0.1, -0.05) is 0 Å². The van der Waals surface area contributed by atoms with Crippen molar-refractivity contribution in [2.24, 2.45) is 46.3 Å². The fraction of sp³-hybridized carbons (Fsp3) is 0.923. The van der Waals surface area contributed by atoms with Crippen molar-refractivity contribution in [3.63, 3.8) is 0 Å². The predicted molar refractivity (Wildman–Crippen MR) is 116 cm³/mol. The number of hydrogen-bond acceptors (Lipinski definition) is 2. The molecule has 0 radical (unpaired) electrons. The fourth-order valence-electron chi connectivity index (χ4n) is 10.0. The van der Waals surface area contributed by atoms with E-state index >= 15 is 0 Å². The molecule has 8 saturated carbocycles. The van der Waals surface area contributed by atoms with Crippen LogP contribution < -0.4 is 10.6 Å². The van der Waals surface area contributed by atoms with Crippen LogP contribution in [-0.2, 0) is 9.59 Å². The molecule has 2 amide bonds. The summed E-state index contributed by atoms with van der Waals surface area (Å²) in [5.74, 6) is 5.13. The molecule has 4 heteroatoms. The summed E-state index contributed by atoms with van der Waals surface area (Å²) in [7, 11) is 0. The summed E-state index contributed by atoms with van der Waals surface area (Å²) in [6.07, 6.45) is 15.4. The lowest BCUT2D eigenvalue weighted by Crippen LogP contribution is -2.59. The summed E-state index contributed by atoms with van der Waals surface area (Å²) in [6.45, 7) is 4.12. The Balaban J connectivity index is 1.09. The second-order valence-electron chi connectivity index (χ2n) is 12.9. The zero-order chi connectivity index (χ0) is 20.7. The lowest BCUT2D eigenvalue weighted by atomic mass is 9.48. The summed E-state index contributed by atoms with van der Waals surface area (Å²) in [5, 5.41) is 6.53. The number of hydrogen-bond donors (Lipinski definition) is 2. The first kappa shape index (κ1) is 19.6. The molecule has 0 aliphatic heterocycles. The number of carbonyl (C=O) groups excluding carboxylic acids is 2. The summed E-state index contributed by atoms with van der Waals surface area (Å²) in [6, 6.07) is -0.209. The third-order valence-electron chi connectivity index (χ3n) is 10.6. The average molecular weight is 413 g/mol. The molecular formula is C26H40N2O2. The Labute approximate surface area is 181 Å².